The maximum atomic E-state index is 13.0. The molecule has 0 aromatic heterocycles. The molecule has 1 atom stereocenters. The minimum atomic E-state index is -0.433. The highest BCUT2D eigenvalue weighted by atomic mass is 16.5. The van der Waals surface area contributed by atoms with Crippen LogP contribution in [0.5, 0.6) is 5.75 Å². The molecule has 1 aliphatic carbocycles. The van der Waals surface area contributed by atoms with Gasteiger partial charge in [-0.05, 0) is 47.6 Å². The summed E-state index contributed by atoms with van der Waals surface area (Å²) in [6.45, 7) is 7.46. The Morgan fingerprint density at radius 2 is 1.92 bits per heavy atom. The fourth-order valence-corrected chi connectivity index (χ4v) is 4.84. The number of nitrogens with one attached hydrogen (secondary N) is 2. The Morgan fingerprint density at radius 1 is 1.10 bits per heavy atom. The second-order valence-electron chi connectivity index (χ2n) is 9.46. The van der Waals surface area contributed by atoms with E-state index in [1.54, 1.807) is 24.3 Å². The third-order valence-corrected chi connectivity index (χ3v) is 6.88. The van der Waals surface area contributed by atoms with Crippen molar-refractivity contribution in [1.82, 2.24) is 20.7 Å². The number of amides is 2. The van der Waals surface area contributed by atoms with Gasteiger partial charge < -0.3 is 18.9 Å². The lowest BCUT2D eigenvalue weighted by atomic mass is 9.95. The molecule has 5 rings (SSSR count). The number of hydrazine groups is 1. The highest BCUT2D eigenvalue weighted by molar-refractivity contribution is 5.83. The number of rotatable bonds is 10. The van der Waals surface area contributed by atoms with Crippen molar-refractivity contribution in [1.29, 1.82) is 0 Å². The molecule has 0 spiro atoms. The molecule has 2 aromatic rings. The second-order valence-corrected chi connectivity index (χ2v) is 9.46. The van der Waals surface area contributed by atoms with Gasteiger partial charge in [0.1, 0.15) is 11.5 Å². The van der Waals surface area contributed by atoms with Crippen LogP contribution in [0.2, 0.25) is 0 Å². The summed E-state index contributed by atoms with van der Waals surface area (Å²) in [6, 6.07) is 13.4. The van der Waals surface area contributed by atoms with Gasteiger partial charge in [0, 0.05) is 38.0 Å². The molecular formula is C30H36N4O5. The van der Waals surface area contributed by atoms with Crippen LogP contribution in [0, 0.1) is 0 Å². The minimum Gasteiger partial charge on any atom is -0.493 e. The molecule has 9 heteroatoms. The number of morpholine rings is 1. The fourth-order valence-electron chi connectivity index (χ4n) is 4.84. The van der Waals surface area contributed by atoms with Crippen LogP contribution in [0.25, 0.3) is 10.8 Å². The number of hydrogen-bond donors (Lipinski definition) is 2. The van der Waals surface area contributed by atoms with E-state index in [-0.39, 0.29) is 6.03 Å². The molecular weight excluding hydrogens is 496 g/mol. The van der Waals surface area contributed by atoms with Crippen LogP contribution < -0.4 is 15.6 Å². The van der Waals surface area contributed by atoms with Crippen molar-refractivity contribution in [2.45, 2.75) is 19.4 Å². The molecule has 0 saturated carbocycles. The number of allylic oxidation sites excluding steroid dienone is 1. The first kappa shape index (κ1) is 26.8. The van der Waals surface area contributed by atoms with Gasteiger partial charge in [-0.1, -0.05) is 37.3 Å². The van der Waals surface area contributed by atoms with Gasteiger partial charge in [-0.2, -0.15) is 0 Å². The van der Waals surface area contributed by atoms with Crippen molar-refractivity contribution in [2.24, 2.45) is 0 Å². The molecule has 39 heavy (non-hydrogen) atoms. The molecule has 1 unspecified atom stereocenters. The number of benzene rings is 2. The van der Waals surface area contributed by atoms with E-state index >= 15 is 0 Å². The summed E-state index contributed by atoms with van der Waals surface area (Å²) in [4.78, 5) is 17.0. The van der Waals surface area contributed by atoms with E-state index in [0.29, 0.717) is 36.2 Å². The Morgan fingerprint density at radius 3 is 2.72 bits per heavy atom. The lowest BCUT2D eigenvalue weighted by molar-refractivity contribution is 0.0341. The summed E-state index contributed by atoms with van der Waals surface area (Å²) in [5, 5.41) is 2.23. The highest BCUT2D eigenvalue weighted by Gasteiger charge is 2.34. The van der Waals surface area contributed by atoms with Gasteiger partial charge in [0.25, 0.3) is 0 Å². The maximum Gasteiger partial charge on any atom is 0.336 e. The van der Waals surface area contributed by atoms with E-state index in [2.05, 4.69) is 27.9 Å². The van der Waals surface area contributed by atoms with Gasteiger partial charge in [-0.3, -0.25) is 15.2 Å². The number of carbonyl (C=O) groups excluding carboxylic acids is 1. The smallest absolute Gasteiger partial charge is 0.336 e. The minimum absolute atomic E-state index is 0.280. The first-order valence-electron chi connectivity index (χ1n) is 13.5. The summed E-state index contributed by atoms with van der Waals surface area (Å²) in [7, 11) is 1.62. The van der Waals surface area contributed by atoms with Gasteiger partial charge in [0.05, 0.1) is 33.0 Å². The fraction of sp³-hybridized carbons (Fsp3) is 0.367. The van der Waals surface area contributed by atoms with Gasteiger partial charge in [0.15, 0.2) is 11.5 Å². The van der Waals surface area contributed by atoms with Crippen molar-refractivity contribution >= 4 is 16.8 Å². The SMILES string of the molecule is CCNNC(=O)N1C=CC(Oc2ccc3ccccc3c2)=C2C=C(OC)C(OCCCN3CCOCC3)=CC21. The Labute approximate surface area is 229 Å². The summed E-state index contributed by atoms with van der Waals surface area (Å²) < 4.78 is 23.7. The summed E-state index contributed by atoms with van der Waals surface area (Å²) >= 11 is 0. The van der Waals surface area contributed by atoms with Crippen LogP contribution in [-0.4, -0.2) is 75.0 Å². The molecule has 0 bridgehead atoms. The maximum absolute atomic E-state index is 13.0. The highest BCUT2D eigenvalue weighted by Crippen LogP contribution is 2.34. The molecule has 2 amide bonds. The number of urea groups is 1. The molecule has 0 radical (unpaired) electrons. The number of carbonyl (C=O) groups is 1. The van der Waals surface area contributed by atoms with E-state index in [9.17, 15) is 4.79 Å². The third-order valence-electron chi connectivity index (χ3n) is 6.88. The Hall–Kier alpha value is -3.79. The van der Waals surface area contributed by atoms with Gasteiger partial charge in [-0.25, -0.2) is 10.2 Å². The molecule has 2 N–H and O–H groups in total. The number of nitrogens with zero attached hydrogens (tertiary/aromatic N) is 2. The molecule has 1 saturated heterocycles. The number of fused-ring (bicyclic) bond motifs is 2. The van der Waals surface area contributed by atoms with Crippen LogP contribution in [-0.2, 0) is 14.2 Å². The molecule has 3 aliphatic rings. The standard InChI is InChI=1S/C30H36N4O5/c1-3-31-32-30(35)34-13-11-27(39-24-10-9-22-7-4-5-8-23(22)19-24)25-20-28(36-2)29(21-26(25)34)38-16-6-12-33-14-17-37-18-15-33/h4-5,7-11,13,19-21,26,31H,3,6,12,14-18H2,1-2H3,(H,32,35). The van der Waals surface area contributed by atoms with Gasteiger partial charge in [0.2, 0.25) is 0 Å². The van der Waals surface area contributed by atoms with E-state index in [4.69, 9.17) is 18.9 Å². The molecule has 2 aromatic carbocycles. The largest absolute Gasteiger partial charge is 0.493 e. The van der Waals surface area contributed by atoms with Crippen LogP contribution >= 0.6 is 0 Å². The zero-order chi connectivity index (χ0) is 27.0. The predicted octanol–water partition coefficient (Wildman–Crippen LogP) is 4.07. The average Bonchev–Trinajstić information content (AvgIpc) is 2.98. The van der Waals surface area contributed by atoms with Crippen LogP contribution in [0.1, 0.15) is 13.3 Å². The number of methoxy groups -OCH3 is 1. The van der Waals surface area contributed by atoms with Gasteiger partial charge >= 0.3 is 6.03 Å². The van der Waals surface area contributed by atoms with Crippen molar-refractivity contribution in [2.75, 3.05) is 53.1 Å². The molecule has 1 fully saturated rings. The van der Waals surface area contributed by atoms with E-state index in [0.717, 1.165) is 55.6 Å². The van der Waals surface area contributed by atoms with Crippen LogP contribution in [0.15, 0.2) is 89.7 Å². The zero-order valence-corrected chi connectivity index (χ0v) is 22.5. The molecule has 206 valence electrons. The Kier molecular flexibility index (Phi) is 8.82. The number of hydrogen-bond acceptors (Lipinski definition) is 7. The second kappa shape index (κ2) is 12.8. The summed E-state index contributed by atoms with van der Waals surface area (Å²) in [6.07, 6.45) is 8.23. The Balaban J connectivity index is 1.37. The van der Waals surface area contributed by atoms with Crippen LogP contribution in [0.4, 0.5) is 4.79 Å². The van der Waals surface area contributed by atoms with Crippen molar-refractivity contribution in [3.05, 3.63) is 89.7 Å². The van der Waals surface area contributed by atoms with E-state index in [1.165, 1.54) is 0 Å². The Bertz CT molecular complexity index is 1300. The van der Waals surface area contributed by atoms with Crippen molar-refractivity contribution in [3.63, 3.8) is 0 Å². The normalized spacial score (nSPS) is 19.3. The van der Waals surface area contributed by atoms with Crippen molar-refractivity contribution in [3.8, 4) is 5.75 Å². The monoisotopic (exact) mass is 532 g/mol. The van der Waals surface area contributed by atoms with Crippen LogP contribution in [0.3, 0.4) is 0 Å². The lowest BCUT2D eigenvalue weighted by Crippen LogP contribution is -2.49. The predicted molar refractivity (Wildman–Crippen MR) is 150 cm³/mol. The average molecular weight is 533 g/mol. The topological polar surface area (TPSA) is 84.5 Å². The third kappa shape index (κ3) is 6.44. The lowest BCUT2D eigenvalue weighted by Gasteiger charge is -2.34. The van der Waals surface area contributed by atoms with E-state index in [1.807, 2.05) is 49.4 Å². The summed E-state index contributed by atoms with van der Waals surface area (Å²) in [5.74, 6) is 2.55. The van der Waals surface area contributed by atoms with E-state index < -0.39 is 6.04 Å². The first-order valence-corrected chi connectivity index (χ1v) is 13.5. The first-order chi connectivity index (χ1) is 19.2. The zero-order valence-electron chi connectivity index (χ0n) is 22.5. The van der Waals surface area contributed by atoms with Crippen molar-refractivity contribution < 1.29 is 23.7 Å². The quantitative estimate of drug-likeness (QED) is 0.353. The molecule has 2 aliphatic heterocycles. The summed E-state index contributed by atoms with van der Waals surface area (Å²) in [5.41, 5.74) is 6.42. The molecule has 9 nitrogen and oxygen atoms in total. The number of ether oxygens (including phenoxy) is 4. The van der Waals surface area contributed by atoms with Gasteiger partial charge in [-0.15, -0.1) is 0 Å². The molecule has 2 heterocycles.